The van der Waals surface area contributed by atoms with E-state index in [1.807, 2.05) is 18.2 Å². The molecule has 1 aliphatic rings. The number of anilines is 1. The molecule has 6 nitrogen and oxygen atoms in total. The molecule has 2 aromatic rings. The van der Waals surface area contributed by atoms with Crippen molar-refractivity contribution in [3.05, 3.63) is 18.2 Å². The van der Waals surface area contributed by atoms with Crippen molar-refractivity contribution in [1.29, 1.82) is 0 Å². The summed E-state index contributed by atoms with van der Waals surface area (Å²) >= 11 is 0. The minimum absolute atomic E-state index is 0.570. The topological polar surface area (TPSA) is 60.6 Å². The van der Waals surface area contributed by atoms with E-state index in [2.05, 4.69) is 15.0 Å². The van der Waals surface area contributed by atoms with Crippen LogP contribution in [-0.2, 0) is 0 Å². The number of aromatic nitrogens is 2. The van der Waals surface area contributed by atoms with Crippen LogP contribution in [0.2, 0.25) is 0 Å². The average Bonchev–Trinajstić information content (AvgIpc) is 2.90. The van der Waals surface area contributed by atoms with Crippen LogP contribution in [-0.4, -0.2) is 37.4 Å². The van der Waals surface area contributed by atoms with Crippen LogP contribution in [0.15, 0.2) is 22.7 Å². The Morgan fingerprint density at radius 2 is 1.73 bits per heavy atom. The first-order valence-corrected chi connectivity index (χ1v) is 7.63. The molecule has 0 spiro atoms. The highest BCUT2D eigenvalue weighted by Crippen LogP contribution is 2.32. The Morgan fingerprint density at radius 1 is 1.00 bits per heavy atom. The lowest BCUT2D eigenvalue weighted by atomic mass is 10.2. The molecule has 0 saturated carbocycles. The van der Waals surface area contributed by atoms with Crippen molar-refractivity contribution in [3.8, 4) is 22.9 Å². The van der Waals surface area contributed by atoms with E-state index in [4.69, 9.17) is 14.0 Å². The third-order valence-electron chi connectivity index (χ3n) is 3.93. The number of rotatable bonds is 4. The van der Waals surface area contributed by atoms with Crippen LogP contribution in [0.4, 0.5) is 6.01 Å². The largest absolute Gasteiger partial charge is 0.493 e. The second kappa shape index (κ2) is 6.68. The van der Waals surface area contributed by atoms with Crippen LogP contribution < -0.4 is 14.4 Å². The molecule has 0 radical (unpaired) electrons. The lowest BCUT2D eigenvalue weighted by Crippen LogP contribution is -2.24. The zero-order valence-electron chi connectivity index (χ0n) is 13.0. The molecule has 0 atom stereocenters. The number of methoxy groups -OCH3 is 2. The van der Waals surface area contributed by atoms with Gasteiger partial charge in [-0.3, -0.25) is 0 Å². The lowest BCUT2D eigenvalue weighted by molar-refractivity contribution is 0.355. The minimum atomic E-state index is 0.570. The van der Waals surface area contributed by atoms with E-state index in [1.165, 1.54) is 25.7 Å². The van der Waals surface area contributed by atoms with Crippen molar-refractivity contribution < 1.29 is 14.0 Å². The van der Waals surface area contributed by atoms with E-state index < -0.39 is 0 Å². The van der Waals surface area contributed by atoms with Crippen molar-refractivity contribution in [2.45, 2.75) is 25.7 Å². The number of hydrogen-bond donors (Lipinski definition) is 0. The van der Waals surface area contributed by atoms with E-state index >= 15 is 0 Å². The third kappa shape index (κ3) is 3.00. The van der Waals surface area contributed by atoms with Gasteiger partial charge in [-0.15, -0.1) is 0 Å². The molecule has 1 aromatic carbocycles. The van der Waals surface area contributed by atoms with Gasteiger partial charge in [0.1, 0.15) is 0 Å². The fourth-order valence-corrected chi connectivity index (χ4v) is 2.70. The first-order valence-electron chi connectivity index (χ1n) is 7.63. The van der Waals surface area contributed by atoms with Crippen LogP contribution >= 0.6 is 0 Å². The lowest BCUT2D eigenvalue weighted by Gasteiger charge is -2.15. The highest BCUT2D eigenvalue weighted by atomic mass is 16.5. The Kier molecular flexibility index (Phi) is 4.46. The van der Waals surface area contributed by atoms with Gasteiger partial charge in [-0.2, -0.15) is 4.98 Å². The third-order valence-corrected chi connectivity index (χ3v) is 3.93. The van der Waals surface area contributed by atoms with Crippen LogP contribution in [0.5, 0.6) is 11.5 Å². The summed E-state index contributed by atoms with van der Waals surface area (Å²) in [5.41, 5.74) is 0.850. The highest BCUT2D eigenvalue weighted by Gasteiger charge is 2.18. The zero-order valence-corrected chi connectivity index (χ0v) is 13.0. The Labute approximate surface area is 130 Å². The number of ether oxygens (including phenoxy) is 2. The molecule has 0 amide bonds. The molecule has 0 aliphatic carbocycles. The first-order chi connectivity index (χ1) is 10.8. The molecule has 22 heavy (non-hydrogen) atoms. The Hall–Kier alpha value is -2.24. The second-order valence-electron chi connectivity index (χ2n) is 5.37. The maximum atomic E-state index is 5.44. The summed E-state index contributed by atoms with van der Waals surface area (Å²) in [4.78, 5) is 6.70. The number of nitrogens with zero attached hydrogens (tertiary/aromatic N) is 3. The molecule has 1 fully saturated rings. The molecule has 1 aromatic heterocycles. The molecule has 118 valence electrons. The smallest absolute Gasteiger partial charge is 0.324 e. The minimum Gasteiger partial charge on any atom is -0.493 e. The monoisotopic (exact) mass is 303 g/mol. The Bertz CT molecular complexity index is 619. The van der Waals surface area contributed by atoms with E-state index in [1.54, 1.807) is 14.2 Å². The van der Waals surface area contributed by atoms with E-state index in [-0.39, 0.29) is 0 Å². The van der Waals surface area contributed by atoms with Gasteiger partial charge in [0.2, 0.25) is 5.82 Å². The predicted molar refractivity (Wildman–Crippen MR) is 83.5 cm³/mol. The van der Waals surface area contributed by atoms with Crippen molar-refractivity contribution in [2.75, 3.05) is 32.2 Å². The van der Waals surface area contributed by atoms with E-state index in [0.717, 1.165) is 18.7 Å². The van der Waals surface area contributed by atoms with Crippen LogP contribution in [0, 0.1) is 0 Å². The van der Waals surface area contributed by atoms with Crippen molar-refractivity contribution in [1.82, 2.24) is 10.1 Å². The molecule has 0 bridgehead atoms. The van der Waals surface area contributed by atoms with Gasteiger partial charge in [-0.1, -0.05) is 18.0 Å². The summed E-state index contributed by atoms with van der Waals surface area (Å²) in [6.45, 7) is 1.96. The second-order valence-corrected chi connectivity index (χ2v) is 5.37. The molecular formula is C16H21N3O3. The standard InChI is InChI=1S/C16H21N3O3/c1-20-13-8-7-12(11-14(13)21-2)15-17-16(22-18-15)19-9-5-3-4-6-10-19/h7-8,11H,3-6,9-10H2,1-2H3. The van der Waals surface area contributed by atoms with Gasteiger partial charge in [-0.25, -0.2) is 0 Å². The van der Waals surface area contributed by atoms with Gasteiger partial charge in [0.05, 0.1) is 14.2 Å². The quantitative estimate of drug-likeness (QED) is 0.865. The SMILES string of the molecule is COc1ccc(-c2noc(N3CCCCCC3)n2)cc1OC. The van der Waals surface area contributed by atoms with Crippen molar-refractivity contribution >= 4 is 6.01 Å². The maximum absolute atomic E-state index is 5.44. The van der Waals surface area contributed by atoms with Crippen LogP contribution in [0.25, 0.3) is 11.4 Å². The molecule has 1 aliphatic heterocycles. The molecule has 2 heterocycles. The maximum Gasteiger partial charge on any atom is 0.324 e. The molecule has 6 heteroatoms. The number of benzene rings is 1. The molecule has 0 unspecified atom stereocenters. The van der Waals surface area contributed by atoms with E-state index in [9.17, 15) is 0 Å². The summed E-state index contributed by atoms with van der Waals surface area (Å²) in [6, 6.07) is 6.21. The summed E-state index contributed by atoms with van der Waals surface area (Å²) < 4.78 is 16.0. The van der Waals surface area contributed by atoms with E-state index in [0.29, 0.717) is 23.3 Å². The summed E-state index contributed by atoms with van der Waals surface area (Å²) in [6.07, 6.45) is 4.89. The van der Waals surface area contributed by atoms with Crippen molar-refractivity contribution in [2.24, 2.45) is 0 Å². The summed E-state index contributed by atoms with van der Waals surface area (Å²) in [5, 5.41) is 4.10. The highest BCUT2D eigenvalue weighted by molar-refractivity contribution is 5.61. The van der Waals surface area contributed by atoms with Gasteiger partial charge in [0.25, 0.3) is 0 Å². The predicted octanol–water partition coefficient (Wildman–Crippen LogP) is 3.13. The Balaban J connectivity index is 1.83. The molecule has 1 saturated heterocycles. The van der Waals surface area contributed by atoms with Gasteiger partial charge < -0.3 is 18.9 Å². The zero-order chi connectivity index (χ0) is 15.4. The van der Waals surface area contributed by atoms with Gasteiger partial charge in [0, 0.05) is 18.7 Å². The summed E-state index contributed by atoms with van der Waals surface area (Å²) in [7, 11) is 3.23. The Morgan fingerprint density at radius 3 is 2.41 bits per heavy atom. The van der Waals surface area contributed by atoms with Gasteiger partial charge in [0.15, 0.2) is 11.5 Å². The molecule has 0 N–H and O–H groups in total. The van der Waals surface area contributed by atoms with Crippen molar-refractivity contribution in [3.63, 3.8) is 0 Å². The average molecular weight is 303 g/mol. The van der Waals surface area contributed by atoms with Gasteiger partial charge in [-0.05, 0) is 31.0 Å². The van der Waals surface area contributed by atoms with Gasteiger partial charge >= 0.3 is 6.01 Å². The normalized spacial score (nSPS) is 15.5. The summed E-state index contributed by atoms with van der Waals surface area (Å²) in [5.74, 6) is 1.91. The fraction of sp³-hybridized carbons (Fsp3) is 0.500. The fourth-order valence-electron chi connectivity index (χ4n) is 2.70. The first kappa shape index (κ1) is 14.7. The molecule has 3 rings (SSSR count). The van der Waals surface area contributed by atoms with Crippen LogP contribution in [0.3, 0.4) is 0 Å². The number of hydrogen-bond acceptors (Lipinski definition) is 6. The van der Waals surface area contributed by atoms with Crippen LogP contribution in [0.1, 0.15) is 25.7 Å². The molecular weight excluding hydrogens is 282 g/mol.